The Balaban J connectivity index is 1.03. The van der Waals surface area contributed by atoms with E-state index in [9.17, 15) is 27.9 Å². The molecule has 2 aliphatic heterocycles. The molecule has 8 rings (SSSR count). The molecule has 19 heteroatoms. The number of fused-ring (bicyclic) bond motifs is 2. The number of aryl methyl sites for hydroxylation is 1. The Morgan fingerprint density at radius 1 is 0.940 bits per heavy atom. The van der Waals surface area contributed by atoms with E-state index in [0.29, 0.717) is 56.1 Å². The number of halogens is 2. The van der Waals surface area contributed by atoms with Crippen molar-refractivity contribution in [1.29, 1.82) is 5.26 Å². The van der Waals surface area contributed by atoms with Gasteiger partial charge in [-0.2, -0.15) is 9.57 Å². The van der Waals surface area contributed by atoms with E-state index in [4.69, 9.17) is 42.7 Å². The van der Waals surface area contributed by atoms with Gasteiger partial charge in [0, 0.05) is 24.4 Å². The van der Waals surface area contributed by atoms with E-state index >= 15 is 0 Å². The summed E-state index contributed by atoms with van der Waals surface area (Å²) < 4.78 is 49.0. The van der Waals surface area contributed by atoms with E-state index in [1.807, 2.05) is 54.6 Å². The molecule has 0 spiro atoms. The number of sulfonamides is 1. The standard InChI is InChI=1S/C48H42Cl2N6O9S2/c1-3-52-47(60)55-48-54-45(27(2)66-48)67(61,62)56-24-35-22-42-41(64-26-43(65-42)33-13-15-36(16-14-33)63-25-30-8-17-37(49)38(50)18-30)21-34(35)20-40(56)44(57)53-39(46(58)59)19-28-4-9-31(10-5-28)32-11-6-29(23-51)7-12-32/h4-18,21-22,39-40,43H,3,19-20,24-26H2,1-2H3,(H,53,57)(H,58,59)(H2,52,54,55,60)/t39-,40-,43?/m0/s1. The number of benzene rings is 5. The summed E-state index contributed by atoms with van der Waals surface area (Å²) in [4.78, 5) is 44.0. The van der Waals surface area contributed by atoms with Crippen LogP contribution in [0, 0.1) is 18.3 Å². The molecule has 344 valence electrons. The summed E-state index contributed by atoms with van der Waals surface area (Å²) in [5.41, 5.74) is 5.64. The number of aliphatic carboxylic acids is 1. The largest absolute Gasteiger partial charge is 0.489 e. The molecule has 0 saturated heterocycles. The van der Waals surface area contributed by atoms with Gasteiger partial charge in [-0.05, 0) is 108 Å². The second-order valence-electron chi connectivity index (χ2n) is 15.7. The minimum Gasteiger partial charge on any atom is -0.489 e. The van der Waals surface area contributed by atoms with Gasteiger partial charge < -0.3 is 30.0 Å². The van der Waals surface area contributed by atoms with Crippen LogP contribution >= 0.6 is 34.5 Å². The molecule has 1 unspecified atom stereocenters. The normalized spacial score (nSPS) is 15.9. The first-order chi connectivity index (χ1) is 32.2. The smallest absolute Gasteiger partial charge is 0.326 e. The van der Waals surface area contributed by atoms with Gasteiger partial charge in [0.05, 0.1) is 21.7 Å². The number of thiazole rings is 1. The average Bonchev–Trinajstić information content (AvgIpc) is 3.70. The zero-order valence-corrected chi connectivity index (χ0v) is 39.1. The Hall–Kier alpha value is -6.68. The molecular weight excluding hydrogens is 940 g/mol. The number of urea groups is 1. The fourth-order valence-corrected chi connectivity index (χ4v) is 10.8. The maximum Gasteiger partial charge on any atom is 0.326 e. The number of amides is 3. The minimum atomic E-state index is -4.57. The first kappa shape index (κ1) is 46.8. The van der Waals surface area contributed by atoms with Crippen LogP contribution in [0.3, 0.4) is 0 Å². The number of ether oxygens (including phenoxy) is 3. The van der Waals surface area contributed by atoms with Crippen molar-refractivity contribution in [3.05, 3.63) is 151 Å². The number of carbonyl (C=O) groups excluding carboxylic acids is 2. The van der Waals surface area contributed by atoms with E-state index in [1.165, 1.54) is 0 Å². The molecule has 3 amide bonds. The Morgan fingerprint density at radius 2 is 1.63 bits per heavy atom. The summed E-state index contributed by atoms with van der Waals surface area (Å²) in [7, 11) is -4.57. The summed E-state index contributed by atoms with van der Waals surface area (Å²) in [6.07, 6.45) is -0.757. The van der Waals surface area contributed by atoms with Gasteiger partial charge in [0.2, 0.25) is 5.91 Å². The van der Waals surface area contributed by atoms with Gasteiger partial charge in [-0.15, -0.1) is 11.3 Å². The highest BCUT2D eigenvalue weighted by atomic mass is 35.5. The molecule has 15 nitrogen and oxygen atoms in total. The second-order valence-corrected chi connectivity index (χ2v) is 19.5. The first-order valence-corrected chi connectivity index (χ1v) is 24.0. The number of hydrogen-bond acceptors (Lipinski definition) is 11. The van der Waals surface area contributed by atoms with Crippen molar-refractivity contribution in [2.24, 2.45) is 0 Å². The number of nitriles is 1. The van der Waals surface area contributed by atoms with Crippen molar-refractivity contribution < 1.29 is 42.1 Å². The zero-order chi connectivity index (χ0) is 47.4. The maximum absolute atomic E-state index is 14.7. The monoisotopic (exact) mass is 980 g/mol. The van der Waals surface area contributed by atoms with Crippen molar-refractivity contribution in [2.75, 3.05) is 18.5 Å². The molecule has 0 fully saturated rings. The third-order valence-electron chi connectivity index (χ3n) is 11.2. The number of nitrogens with one attached hydrogen (secondary N) is 3. The van der Waals surface area contributed by atoms with Crippen LogP contribution in [0.1, 0.15) is 51.3 Å². The van der Waals surface area contributed by atoms with Crippen LogP contribution in [-0.4, -0.2) is 66.0 Å². The fraction of sp³-hybridized carbons (Fsp3) is 0.229. The van der Waals surface area contributed by atoms with Crippen LogP contribution in [0.2, 0.25) is 10.0 Å². The van der Waals surface area contributed by atoms with E-state index in [1.54, 1.807) is 62.4 Å². The first-order valence-electron chi connectivity index (χ1n) is 21.0. The third kappa shape index (κ3) is 10.6. The van der Waals surface area contributed by atoms with Gasteiger partial charge in [-0.1, -0.05) is 77.8 Å². The summed E-state index contributed by atoms with van der Waals surface area (Å²) in [5, 5.41) is 27.8. The van der Waals surface area contributed by atoms with Crippen molar-refractivity contribution in [3.8, 4) is 34.4 Å². The lowest BCUT2D eigenvalue weighted by Gasteiger charge is -2.36. The fourth-order valence-electron chi connectivity index (χ4n) is 7.70. The van der Waals surface area contributed by atoms with Crippen LogP contribution in [0.5, 0.6) is 17.2 Å². The number of carboxylic acids is 1. The highest BCUT2D eigenvalue weighted by Crippen LogP contribution is 2.42. The summed E-state index contributed by atoms with van der Waals surface area (Å²) >= 11 is 13.1. The molecular formula is C48H42Cl2N6O9S2. The molecule has 0 saturated carbocycles. The molecule has 0 radical (unpaired) electrons. The quantitative estimate of drug-likeness (QED) is 0.0814. The lowest BCUT2D eigenvalue weighted by Crippen LogP contribution is -2.55. The second kappa shape index (κ2) is 20.0. The van der Waals surface area contributed by atoms with Crippen LogP contribution in [0.4, 0.5) is 9.93 Å². The van der Waals surface area contributed by atoms with Crippen molar-refractivity contribution in [3.63, 3.8) is 0 Å². The number of carbonyl (C=O) groups is 3. The van der Waals surface area contributed by atoms with Gasteiger partial charge in [-0.3, -0.25) is 10.1 Å². The SMILES string of the molecule is CCNC(=O)Nc1nc(S(=O)(=O)N2Cc3cc4c(cc3C[C@H]2C(=O)N[C@@H](Cc2ccc(-c3ccc(C#N)cc3)cc2)C(=O)O)OCC(c2ccc(OCc3ccc(Cl)c(Cl)c3)cc2)O4)c(C)s1. The maximum atomic E-state index is 14.7. The molecule has 3 heterocycles. The van der Waals surface area contributed by atoms with Crippen molar-refractivity contribution in [1.82, 2.24) is 19.9 Å². The van der Waals surface area contributed by atoms with E-state index < -0.39 is 46.1 Å². The number of aromatic nitrogens is 1. The molecule has 3 atom stereocenters. The Bertz CT molecular complexity index is 3000. The van der Waals surface area contributed by atoms with Gasteiger partial charge in [-0.25, -0.2) is 23.0 Å². The van der Waals surface area contributed by atoms with E-state index in [2.05, 4.69) is 27.0 Å². The molecule has 0 aliphatic carbocycles. The zero-order valence-electron chi connectivity index (χ0n) is 35.9. The Morgan fingerprint density at radius 3 is 2.30 bits per heavy atom. The molecule has 0 bridgehead atoms. The Kier molecular flexibility index (Phi) is 14.0. The lowest BCUT2D eigenvalue weighted by atomic mass is 9.94. The third-order valence-corrected chi connectivity index (χ3v) is 14.8. The van der Waals surface area contributed by atoms with Crippen LogP contribution in [0.15, 0.2) is 108 Å². The van der Waals surface area contributed by atoms with E-state index in [0.717, 1.165) is 37.9 Å². The minimum absolute atomic E-state index is 0.0355. The number of anilines is 1. The van der Waals surface area contributed by atoms with Gasteiger partial charge in [0.15, 0.2) is 27.8 Å². The molecule has 6 aromatic rings. The molecule has 1 aromatic heterocycles. The molecule has 5 aromatic carbocycles. The van der Waals surface area contributed by atoms with Gasteiger partial charge >= 0.3 is 12.0 Å². The predicted octanol–water partition coefficient (Wildman–Crippen LogP) is 8.46. The van der Waals surface area contributed by atoms with Gasteiger partial charge in [0.25, 0.3) is 10.0 Å². The van der Waals surface area contributed by atoms with Gasteiger partial charge in [0.1, 0.15) is 31.0 Å². The van der Waals surface area contributed by atoms with Crippen molar-refractivity contribution >= 4 is 67.6 Å². The molecule has 67 heavy (non-hydrogen) atoms. The topological polar surface area (TPSA) is 209 Å². The average molecular weight is 982 g/mol. The summed E-state index contributed by atoms with van der Waals surface area (Å²) in [6, 6.07) is 28.9. The number of rotatable bonds is 14. The number of nitrogens with zero attached hydrogens (tertiary/aromatic N) is 3. The van der Waals surface area contributed by atoms with E-state index in [-0.39, 0.29) is 47.6 Å². The predicted molar refractivity (Wildman–Crippen MR) is 252 cm³/mol. The molecule has 2 aliphatic rings. The van der Waals surface area contributed by atoms with Crippen LogP contribution in [-0.2, 0) is 45.6 Å². The number of hydrogen-bond donors (Lipinski definition) is 4. The number of carboxylic acid groups (broad SMARTS) is 1. The highest BCUT2D eigenvalue weighted by Gasteiger charge is 2.43. The van der Waals surface area contributed by atoms with Crippen molar-refractivity contribution in [2.45, 2.75) is 63.1 Å². The lowest BCUT2D eigenvalue weighted by molar-refractivity contribution is -0.142. The summed E-state index contributed by atoms with van der Waals surface area (Å²) in [6.45, 7) is 3.74. The Labute approximate surface area is 400 Å². The van der Waals surface area contributed by atoms with Crippen LogP contribution < -0.4 is 30.2 Å². The van der Waals surface area contributed by atoms with Crippen LogP contribution in [0.25, 0.3) is 11.1 Å². The highest BCUT2D eigenvalue weighted by molar-refractivity contribution is 7.89. The molecule has 4 N–H and O–H groups in total. The summed E-state index contributed by atoms with van der Waals surface area (Å²) in [5.74, 6) is -0.761.